The Morgan fingerprint density at radius 2 is 1.77 bits per heavy atom. The first-order valence-corrected chi connectivity index (χ1v) is 13.3. The molecule has 2 aliphatic carbocycles. The van der Waals surface area contributed by atoms with Crippen molar-refractivity contribution in [3.05, 3.63) is 41.7 Å². The van der Waals surface area contributed by atoms with Gasteiger partial charge in [-0.25, -0.2) is 4.39 Å². The van der Waals surface area contributed by atoms with Gasteiger partial charge in [0.1, 0.15) is 0 Å². The number of unbranched alkanes of at least 4 members (excludes halogenated alkanes) is 3. The Kier molecular flexibility index (Phi) is 10.4. The summed E-state index contributed by atoms with van der Waals surface area (Å²) in [6.07, 6.45) is 22.2. The van der Waals surface area contributed by atoms with E-state index in [1.807, 2.05) is 12.1 Å². The molecule has 1 aromatic rings. The zero-order valence-electron chi connectivity index (χ0n) is 20.1. The van der Waals surface area contributed by atoms with E-state index in [-0.39, 0.29) is 5.82 Å². The molecule has 1 aromatic carbocycles. The molecule has 2 atom stereocenters. The highest BCUT2D eigenvalue weighted by atomic mass is 19.1. The van der Waals surface area contributed by atoms with Crippen molar-refractivity contribution >= 4 is 0 Å². The number of hydrogen-bond acceptors (Lipinski definition) is 1. The molecule has 1 fully saturated rings. The summed E-state index contributed by atoms with van der Waals surface area (Å²) in [7, 11) is 0. The lowest BCUT2D eigenvalue weighted by Gasteiger charge is -2.36. The second-order valence-corrected chi connectivity index (χ2v) is 10.2. The van der Waals surface area contributed by atoms with E-state index in [1.54, 1.807) is 0 Å². The highest BCUT2D eigenvalue weighted by Gasteiger charge is 2.30. The van der Waals surface area contributed by atoms with Crippen molar-refractivity contribution in [2.24, 2.45) is 17.8 Å². The van der Waals surface area contributed by atoms with Crippen LogP contribution in [0.25, 0.3) is 0 Å². The van der Waals surface area contributed by atoms with E-state index in [1.165, 1.54) is 82.6 Å². The molecular weight excluding hydrogens is 383 g/mol. The van der Waals surface area contributed by atoms with Gasteiger partial charge < -0.3 is 4.74 Å². The van der Waals surface area contributed by atoms with Gasteiger partial charge in [-0.3, -0.25) is 0 Å². The molecule has 1 nitrogen and oxygen atoms in total. The number of benzene rings is 1. The number of hydrogen-bond donors (Lipinski definition) is 0. The van der Waals surface area contributed by atoms with Gasteiger partial charge in [0, 0.05) is 0 Å². The van der Waals surface area contributed by atoms with Gasteiger partial charge in [0.05, 0.1) is 6.61 Å². The lowest BCUT2D eigenvalue weighted by Crippen LogP contribution is -2.23. The first kappa shape index (κ1) is 24.3. The first-order chi connectivity index (χ1) is 15.2. The van der Waals surface area contributed by atoms with Crippen LogP contribution < -0.4 is 4.74 Å². The van der Waals surface area contributed by atoms with Gasteiger partial charge in [-0.2, -0.15) is 0 Å². The molecule has 0 aromatic heterocycles. The summed E-state index contributed by atoms with van der Waals surface area (Å²) in [5.74, 6) is 3.14. The Labute approximate surface area is 190 Å². The normalized spacial score (nSPS) is 24.8. The smallest absolute Gasteiger partial charge is 0.165 e. The fourth-order valence-electron chi connectivity index (χ4n) is 5.89. The number of allylic oxidation sites excluding steroid dienone is 2. The Bertz CT molecular complexity index is 659. The monoisotopic (exact) mass is 428 g/mol. The van der Waals surface area contributed by atoms with Gasteiger partial charge in [0.2, 0.25) is 0 Å². The van der Waals surface area contributed by atoms with Gasteiger partial charge in [-0.15, -0.1) is 0 Å². The summed E-state index contributed by atoms with van der Waals surface area (Å²) >= 11 is 0. The molecule has 0 N–H and O–H groups in total. The third kappa shape index (κ3) is 7.65. The van der Waals surface area contributed by atoms with Crippen LogP contribution in [0, 0.1) is 23.6 Å². The van der Waals surface area contributed by atoms with Crippen LogP contribution in [0.15, 0.2) is 30.4 Å². The molecule has 2 aliphatic rings. The predicted octanol–water partition coefficient (Wildman–Crippen LogP) is 9.22. The third-order valence-electron chi connectivity index (χ3n) is 7.76. The zero-order chi connectivity index (χ0) is 21.9. The van der Waals surface area contributed by atoms with Crippen molar-refractivity contribution in [2.75, 3.05) is 6.61 Å². The fourth-order valence-corrected chi connectivity index (χ4v) is 5.89. The minimum Gasteiger partial charge on any atom is -0.491 e. The fraction of sp³-hybridized carbons (Fsp3) is 0.724. The quantitative estimate of drug-likeness (QED) is 0.238. The van der Waals surface area contributed by atoms with E-state index in [0.29, 0.717) is 24.2 Å². The standard InChI is InChI=1S/C29H45FO/c1-3-5-6-10-20-31-29-19-18-26(22-28(29)30)27(21-24-12-8-7-9-13-24)25-16-14-23(11-4-2)15-17-25/h7-8,18-19,22-25,27H,3-6,9-17,20-21H2,1-2H3. The molecule has 174 valence electrons. The first-order valence-electron chi connectivity index (χ1n) is 13.3. The lowest BCUT2D eigenvalue weighted by molar-refractivity contribution is 0.211. The topological polar surface area (TPSA) is 9.23 Å². The van der Waals surface area contributed by atoms with Gasteiger partial charge in [0.15, 0.2) is 11.6 Å². The van der Waals surface area contributed by atoms with Crippen LogP contribution in [0.1, 0.15) is 115 Å². The maximum absolute atomic E-state index is 15.0. The Morgan fingerprint density at radius 1 is 0.935 bits per heavy atom. The minimum atomic E-state index is -0.166. The molecule has 0 spiro atoms. The van der Waals surface area contributed by atoms with E-state index < -0.39 is 0 Å². The maximum atomic E-state index is 15.0. The molecule has 2 unspecified atom stereocenters. The van der Waals surface area contributed by atoms with Gasteiger partial charge in [0.25, 0.3) is 0 Å². The van der Waals surface area contributed by atoms with Gasteiger partial charge in [-0.1, -0.05) is 77.0 Å². The lowest BCUT2D eigenvalue weighted by atomic mass is 9.69. The summed E-state index contributed by atoms with van der Waals surface area (Å²) in [5.41, 5.74) is 1.21. The molecular formula is C29H45FO. The van der Waals surface area contributed by atoms with Crippen molar-refractivity contribution in [1.82, 2.24) is 0 Å². The van der Waals surface area contributed by atoms with E-state index in [4.69, 9.17) is 4.74 Å². The summed E-state index contributed by atoms with van der Waals surface area (Å²) < 4.78 is 20.7. The second-order valence-electron chi connectivity index (χ2n) is 10.2. The predicted molar refractivity (Wildman–Crippen MR) is 130 cm³/mol. The zero-order valence-corrected chi connectivity index (χ0v) is 20.1. The van der Waals surface area contributed by atoms with Crippen molar-refractivity contribution in [3.8, 4) is 5.75 Å². The Hall–Kier alpha value is -1.31. The Morgan fingerprint density at radius 3 is 2.45 bits per heavy atom. The molecule has 0 amide bonds. The summed E-state index contributed by atoms with van der Waals surface area (Å²) in [6, 6.07) is 5.88. The number of ether oxygens (including phenoxy) is 1. The van der Waals surface area contributed by atoms with Crippen LogP contribution in [-0.2, 0) is 0 Å². The average Bonchev–Trinajstić information content (AvgIpc) is 2.80. The largest absolute Gasteiger partial charge is 0.491 e. The molecule has 2 heteroatoms. The van der Waals surface area contributed by atoms with Crippen LogP contribution in [0.2, 0.25) is 0 Å². The molecule has 0 heterocycles. The summed E-state index contributed by atoms with van der Waals surface area (Å²) in [6.45, 7) is 5.13. The second kappa shape index (κ2) is 13.3. The third-order valence-corrected chi connectivity index (χ3v) is 7.76. The van der Waals surface area contributed by atoms with Gasteiger partial charge >= 0.3 is 0 Å². The van der Waals surface area contributed by atoms with Gasteiger partial charge in [-0.05, 0) is 86.3 Å². The van der Waals surface area contributed by atoms with Crippen molar-refractivity contribution in [3.63, 3.8) is 0 Å². The van der Waals surface area contributed by atoms with E-state index in [9.17, 15) is 4.39 Å². The maximum Gasteiger partial charge on any atom is 0.165 e. The average molecular weight is 429 g/mol. The molecule has 31 heavy (non-hydrogen) atoms. The number of rotatable bonds is 12. The molecule has 1 saturated carbocycles. The highest BCUT2D eigenvalue weighted by Crippen LogP contribution is 2.44. The van der Waals surface area contributed by atoms with Crippen molar-refractivity contribution in [2.45, 2.75) is 110 Å². The summed E-state index contributed by atoms with van der Waals surface area (Å²) in [4.78, 5) is 0. The molecule has 3 rings (SSSR count). The van der Waals surface area contributed by atoms with Crippen LogP contribution in [0.4, 0.5) is 4.39 Å². The minimum absolute atomic E-state index is 0.166. The molecule has 0 saturated heterocycles. The van der Waals surface area contributed by atoms with E-state index >= 15 is 0 Å². The highest BCUT2D eigenvalue weighted by molar-refractivity contribution is 5.32. The summed E-state index contributed by atoms with van der Waals surface area (Å²) in [5, 5.41) is 0. The number of halogens is 1. The van der Waals surface area contributed by atoms with Crippen LogP contribution in [-0.4, -0.2) is 6.61 Å². The van der Waals surface area contributed by atoms with Crippen LogP contribution in [0.5, 0.6) is 5.75 Å². The van der Waals surface area contributed by atoms with E-state index in [2.05, 4.69) is 32.1 Å². The van der Waals surface area contributed by atoms with Crippen molar-refractivity contribution < 1.29 is 9.13 Å². The van der Waals surface area contributed by atoms with Crippen molar-refractivity contribution in [1.29, 1.82) is 0 Å². The van der Waals surface area contributed by atoms with E-state index in [0.717, 1.165) is 24.7 Å². The van der Waals surface area contributed by atoms with Crippen LogP contribution >= 0.6 is 0 Å². The van der Waals surface area contributed by atoms with Crippen LogP contribution in [0.3, 0.4) is 0 Å². The SMILES string of the molecule is CCCCCCOc1ccc(C(CC2CC=CCC2)C2CCC(CCC)CC2)cc1F. The molecule has 0 aliphatic heterocycles. The Balaban J connectivity index is 1.66. The molecule has 0 bridgehead atoms. The molecule has 0 radical (unpaired) electrons.